The molecular weight excluding hydrogens is 220 g/mol. The number of aromatic nitrogens is 1. The van der Waals surface area contributed by atoms with Gasteiger partial charge in [-0.1, -0.05) is 18.2 Å². The molecule has 1 heterocycles. The summed E-state index contributed by atoms with van der Waals surface area (Å²) in [6.45, 7) is 3.71. The lowest BCUT2D eigenvalue weighted by molar-refractivity contribution is 0.662. The molecule has 0 radical (unpaired) electrons. The van der Waals surface area contributed by atoms with Crippen molar-refractivity contribution >= 4 is 23.3 Å². The Morgan fingerprint density at radius 3 is 2.94 bits per heavy atom. The summed E-state index contributed by atoms with van der Waals surface area (Å²) < 4.78 is 0. The standard InChI is InChI=1S/C13H16N2.ClH/c1-2-3-4-12(14)11-6-5-10-7-8-15-13(10)9-11;/h2,5-9,12,15H,1,3-4,14H2;1H/t12-;/m1./s1. The molecule has 1 atom stereocenters. The first-order chi connectivity index (χ1) is 7.31. The third-order valence-corrected chi connectivity index (χ3v) is 2.69. The quantitative estimate of drug-likeness (QED) is 0.784. The Morgan fingerprint density at radius 1 is 1.38 bits per heavy atom. The van der Waals surface area contributed by atoms with Crippen LogP contribution in [0.1, 0.15) is 24.4 Å². The number of rotatable bonds is 4. The third kappa shape index (κ3) is 2.65. The van der Waals surface area contributed by atoms with Crippen LogP contribution < -0.4 is 5.73 Å². The third-order valence-electron chi connectivity index (χ3n) is 2.69. The normalized spacial score (nSPS) is 12.1. The van der Waals surface area contributed by atoms with Crippen molar-refractivity contribution < 1.29 is 0 Å². The number of halogens is 1. The summed E-state index contributed by atoms with van der Waals surface area (Å²) in [6, 6.07) is 8.51. The van der Waals surface area contributed by atoms with Crippen LogP contribution in [0, 0.1) is 0 Å². The Bertz CT molecular complexity index is 462. The van der Waals surface area contributed by atoms with Crippen molar-refractivity contribution in [3.8, 4) is 0 Å². The van der Waals surface area contributed by atoms with Gasteiger partial charge in [-0.25, -0.2) is 0 Å². The molecule has 16 heavy (non-hydrogen) atoms. The summed E-state index contributed by atoms with van der Waals surface area (Å²) in [5.74, 6) is 0. The summed E-state index contributed by atoms with van der Waals surface area (Å²) in [5, 5.41) is 1.23. The maximum absolute atomic E-state index is 6.08. The van der Waals surface area contributed by atoms with Gasteiger partial charge in [-0.15, -0.1) is 19.0 Å². The fraction of sp³-hybridized carbons (Fsp3) is 0.231. The van der Waals surface area contributed by atoms with Crippen molar-refractivity contribution in [2.45, 2.75) is 18.9 Å². The highest BCUT2D eigenvalue weighted by molar-refractivity contribution is 5.85. The second-order valence-electron chi connectivity index (χ2n) is 3.80. The summed E-state index contributed by atoms with van der Waals surface area (Å²) in [4.78, 5) is 3.20. The summed E-state index contributed by atoms with van der Waals surface area (Å²) in [5.41, 5.74) is 8.42. The monoisotopic (exact) mass is 236 g/mol. The molecule has 2 aromatic rings. The van der Waals surface area contributed by atoms with E-state index in [1.54, 1.807) is 0 Å². The number of allylic oxidation sites excluding steroid dienone is 1. The van der Waals surface area contributed by atoms with Crippen molar-refractivity contribution in [3.63, 3.8) is 0 Å². The van der Waals surface area contributed by atoms with Crippen LogP contribution in [0.3, 0.4) is 0 Å². The molecule has 0 spiro atoms. The van der Waals surface area contributed by atoms with E-state index in [9.17, 15) is 0 Å². The van der Waals surface area contributed by atoms with Crippen LogP contribution in [0.15, 0.2) is 43.1 Å². The molecule has 0 saturated heterocycles. The lowest BCUT2D eigenvalue weighted by atomic mass is 10.0. The average molecular weight is 237 g/mol. The van der Waals surface area contributed by atoms with Crippen LogP contribution in [0.2, 0.25) is 0 Å². The van der Waals surface area contributed by atoms with E-state index in [4.69, 9.17) is 5.73 Å². The number of aromatic amines is 1. The molecule has 1 aromatic carbocycles. The van der Waals surface area contributed by atoms with Crippen LogP contribution in [0.25, 0.3) is 10.9 Å². The molecule has 2 nitrogen and oxygen atoms in total. The van der Waals surface area contributed by atoms with Crippen LogP contribution >= 0.6 is 12.4 Å². The minimum absolute atomic E-state index is 0. The topological polar surface area (TPSA) is 41.8 Å². The Balaban J connectivity index is 0.00000128. The van der Waals surface area contributed by atoms with Crippen molar-refractivity contribution in [1.82, 2.24) is 4.98 Å². The van der Waals surface area contributed by atoms with E-state index in [0.29, 0.717) is 0 Å². The van der Waals surface area contributed by atoms with Crippen LogP contribution in [0.4, 0.5) is 0 Å². The zero-order chi connectivity index (χ0) is 10.7. The van der Waals surface area contributed by atoms with Crippen LogP contribution in [-0.4, -0.2) is 4.98 Å². The Labute approximate surface area is 102 Å². The number of nitrogens with two attached hydrogens (primary N) is 1. The first-order valence-electron chi connectivity index (χ1n) is 5.25. The van der Waals surface area contributed by atoms with Gasteiger partial charge in [0.2, 0.25) is 0 Å². The molecule has 0 aliphatic heterocycles. The van der Waals surface area contributed by atoms with Crippen molar-refractivity contribution in [3.05, 3.63) is 48.7 Å². The van der Waals surface area contributed by atoms with Crippen molar-refractivity contribution in [2.24, 2.45) is 5.73 Å². The van der Waals surface area contributed by atoms with Crippen LogP contribution in [-0.2, 0) is 0 Å². The molecule has 2 rings (SSSR count). The Kier molecular flexibility index (Phi) is 4.59. The van der Waals surface area contributed by atoms with E-state index < -0.39 is 0 Å². The minimum Gasteiger partial charge on any atom is -0.361 e. The van der Waals surface area contributed by atoms with E-state index in [1.165, 1.54) is 10.9 Å². The van der Waals surface area contributed by atoms with Gasteiger partial charge in [0.05, 0.1) is 0 Å². The molecule has 1 aromatic heterocycles. The highest BCUT2D eigenvalue weighted by atomic mass is 35.5. The molecule has 3 N–H and O–H groups in total. The molecular formula is C13H17ClN2. The first kappa shape index (κ1) is 12.8. The molecule has 0 fully saturated rings. The Morgan fingerprint density at radius 2 is 2.19 bits per heavy atom. The summed E-state index contributed by atoms with van der Waals surface area (Å²) in [7, 11) is 0. The molecule has 86 valence electrons. The van der Waals surface area contributed by atoms with Gasteiger partial charge in [0, 0.05) is 17.8 Å². The van der Waals surface area contributed by atoms with E-state index >= 15 is 0 Å². The van der Waals surface area contributed by atoms with E-state index in [1.807, 2.05) is 12.3 Å². The lowest BCUT2D eigenvalue weighted by Crippen LogP contribution is -2.09. The maximum atomic E-state index is 6.08. The van der Waals surface area contributed by atoms with Gasteiger partial charge in [0.15, 0.2) is 0 Å². The minimum atomic E-state index is 0. The molecule has 0 amide bonds. The van der Waals surface area contributed by atoms with Crippen molar-refractivity contribution in [1.29, 1.82) is 0 Å². The smallest absolute Gasteiger partial charge is 0.0457 e. The second kappa shape index (κ2) is 5.73. The van der Waals surface area contributed by atoms with Gasteiger partial charge in [-0.05, 0) is 35.9 Å². The SMILES string of the molecule is C=CCC[C@@H](N)c1ccc2cc[nH]c2c1.Cl. The summed E-state index contributed by atoms with van der Waals surface area (Å²) >= 11 is 0. The van der Waals surface area contributed by atoms with Gasteiger partial charge >= 0.3 is 0 Å². The van der Waals surface area contributed by atoms with Crippen LogP contribution in [0.5, 0.6) is 0 Å². The molecule has 0 saturated carbocycles. The maximum Gasteiger partial charge on any atom is 0.0457 e. The predicted molar refractivity (Wildman–Crippen MR) is 71.9 cm³/mol. The van der Waals surface area contributed by atoms with E-state index in [2.05, 4.69) is 35.8 Å². The second-order valence-corrected chi connectivity index (χ2v) is 3.80. The number of hydrogen-bond donors (Lipinski definition) is 2. The molecule has 0 aliphatic carbocycles. The van der Waals surface area contributed by atoms with Gasteiger partial charge in [-0.2, -0.15) is 0 Å². The number of nitrogens with one attached hydrogen (secondary N) is 1. The number of fused-ring (bicyclic) bond motifs is 1. The molecule has 0 bridgehead atoms. The van der Waals surface area contributed by atoms with Gasteiger partial charge < -0.3 is 10.7 Å². The zero-order valence-electron chi connectivity index (χ0n) is 9.15. The fourth-order valence-corrected chi connectivity index (χ4v) is 1.76. The highest BCUT2D eigenvalue weighted by Crippen LogP contribution is 2.20. The fourth-order valence-electron chi connectivity index (χ4n) is 1.76. The highest BCUT2D eigenvalue weighted by Gasteiger charge is 2.05. The van der Waals surface area contributed by atoms with Gasteiger partial charge in [-0.3, -0.25) is 0 Å². The molecule has 0 aliphatic rings. The number of H-pyrrole nitrogens is 1. The largest absolute Gasteiger partial charge is 0.361 e. The van der Waals surface area contributed by atoms with E-state index in [-0.39, 0.29) is 18.4 Å². The summed E-state index contributed by atoms with van der Waals surface area (Å²) in [6.07, 6.45) is 5.77. The lowest BCUT2D eigenvalue weighted by Gasteiger charge is -2.10. The predicted octanol–water partition coefficient (Wildman–Crippen LogP) is 3.56. The van der Waals surface area contributed by atoms with E-state index in [0.717, 1.165) is 18.4 Å². The zero-order valence-corrected chi connectivity index (χ0v) is 9.96. The van der Waals surface area contributed by atoms with Gasteiger partial charge in [0.25, 0.3) is 0 Å². The molecule has 0 unspecified atom stereocenters. The average Bonchev–Trinajstić information content (AvgIpc) is 2.72. The Hall–Kier alpha value is -1.25. The van der Waals surface area contributed by atoms with Crippen molar-refractivity contribution in [2.75, 3.05) is 0 Å². The first-order valence-corrected chi connectivity index (χ1v) is 5.25. The number of benzene rings is 1. The number of hydrogen-bond acceptors (Lipinski definition) is 1. The molecule has 3 heteroatoms. The van der Waals surface area contributed by atoms with Gasteiger partial charge in [0.1, 0.15) is 0 Å².